The first kappa shape index (κ1) is 31.0. The molecule has 206 valence electrons. The zero-order valence-corrected chi connectivity index (χ0v) is 25.9. The molecule has 1 aromatic carbocycles. The second kappa shape index (κ2) is 11.3. The zero-order valence-electron chi connectivity index (χ0n) is 24.9. The van der Waals surface area contributed by atoms with Crippen LogP contribution >= 0.6 is 0 Å². The molecule has 1 fully saturated rings. The van der Waals surface area contributed by atoms with Crippen LogP contribution in [-0.4, -0.2) is 38.6 Å². The lowest BCUT2D eigenvalue weighted by Gasteiger charge is -2.37. The third-order valence-electron chi connectivity index (χ3n) is 7.90. The van der Waals surface area contributed by atoms with E-state index in [0.717, 1.165) is 5.57 Å². The minimum atomic E-state index is -2.00. The van der Waals surface area contributed by atoms with Crippen LogP contribution in [0.4, 0.5) is 0 Å². The molecule has 0 bridgehead atoms. The molecule has 6 heteroatoms. The molecular formula is C31H48O5Si. The number of benzene rings is 1. The molecule has 2 rings (SSSR count). The number of rotatable bonds is 10. The summed E-state index contributed by atoms with van der Waals surface area (Å²) in [4.78, 5) is 25.5. The van der Waals surface area contributed by atoms with E-state index in [-0.39, 0.29) is 34.2 Å². The van der Waals surface area contributed by atoms with Crippen LogP contribution in [0.25, 0.3) is 0 Å². The Bertz CT molecular complexity index is 1010. The topological polar surface area (TPSA) is 61.8 Å². The van der Waals surface area contributed by atoms with Gasteiger partial charge in [0.15, 0.2) is 8.32 Å². The van der Waals surface area contributed by atoms with E-state index in [2.05, 4.69) is 54.3 Å². The molecule has 0 aliphatic heterocycles. The van der Waals surface area contributed by atoms with Gasteiger partial charge in [-0.1, -0.05) is 65.5 Å². The number of ether oxygens (including phenoxy) is 2. The van der Waals surface area contributed by atoms with Crippen molar-refractivity contribution < 1.29 is 23.5 Å². The Morgan fingerprint density at radius 1 is 1.08 bits per heavy atom. The quantitative estimate of drug-likeness (QED) is 0.134. The molecule has 1 saturated carbocycles. The van der Waals surface area contributed by atoms with E-state index in [1.165, 1.54) is 0 Å². The average molecular weight is 529 g/mol. The van der Waals surface area contributed by atoms with E-state index in [1.807, 2.05) is 45.0 Å². The van der Waals surface area contributed by atoms with Crippen LogP contribution in [0.2, 0.25) is 18.1 Å². The van der Waals surface area contributed by atoms with Crippen LogP contribution < -0.4 is 0 Å². The molecule has 1 aromatic rings. The Morgan fingerprint density at radius 2 is 1.65 bits per heavy atom. The Morgan fingerprint density at radius 3 is 2.16 bits per heavy atom. The molecule has 0 unspecified atom stereocenters. The lowest BCUT2D eigenvalue weighted by Crippen LogP contribution is -2.41. The third kappa shape index (κ3) is 8.41. The van der Waals surface area contributed by atoms with Gasteiger partial charge in [-0.25, -0.2) is 9.59 Å². The van der Waals surface area contributed by atoms with Gasteiger partial charge >= 0.3 is 11.9 Å². The van der Waals surface area contributed by atoms with Gasteiger partial charge in [0.2, 0.25) is 0 Å². The predicted octanol–water partition coefficient (Wildman–Crippen LogP) is 7.74. The third-order valence-corrected chi connectivity index (χ3v) is 12.4. The Labute approximate surface area is 225 Å². The molecular weight excluding hydrogens is 480 g/mol. The van der Waals surface area contributed by atoms with E-state index in [9.17, 15) is 9.59 Å². The smallest absolute Gasteiger partial charge is 0.338 e. The van der Waals surface area contributed by atoms with Crippen molar-refractivity contribution in [2.75, 3.05) is 6.61 Å². The fourth-order valence-corrected chi connectivity index (χ4v) is 5.13. The number of hydrogen-bond acceptors (Lipinski definition) is 5. The molecule has 0 radical (unpaired) electrons. The van der Waals surface area contributed by atoms with Crippen molar-refractivity contribution in [2.45, 2.75) is 98.6 Å². The van der Waals surface area contributed by atoms with Gasteiger partial charge in [-0.15, -0.1) is 0 Å². The SMILES string of the molecule is C=C(CO[Si](C)(C)C(C)(C)C)[C@@H](C[C@H]1[C@@H](/C=C(\C)C(=O)OC(C)(C)C)C1(C)C)OC(=O)c1ccccc1. The molecule has 1 aliphatic rings. The standard InChI is InChI=1S/C31H48O5Si/c1-21(27(32)36-29(3,4)5)18-24-25(31(24,9)10)19-26(35-28(33)23-16-14-13-15-17-23)22(2)20-34-37(11,12)30(6,7)8/h13-18,24-26H,2,19-20H2,1,3-12H3/b21-18+/t24-,25+,26-/m1/s1. The van der Waals surface area contributed by atoms with E-state index in [1.54, 1.807) is 19.1 Å². The lowest BCUT2D eigenvalue weighted by atomic mass is 10.0. The van der Waals surface area contributed by atoms with E-state index < -0.39 is 20.0 Å². The summed E-state index contributed by atoms with van der Waals surface area (Å²) >= 11 is 0. The molecule has 0 saturated heterocycles. The maximum Gasteiger partial charge on any atom is 0.338 e. The van der Waals surface area contributed by atoms with E-state index in [0.29, 0.717) is 24.2 Å². The van der Waals surface area contributed by atoms with Crippen LogP contribution in [0.5, 0.6) is 0 Å². The molecule has 5 nitrogen and oxygen atoms in total. The molecule has 0 N–H and O–H groups in total. The molecule has 37 heavy (non-hydrogen) atoms. The largest absolute Gasteiger partial charge is 0.457 e. The average Bonchev–Trinajstić information content (AvgIpc) is 3.27. The lowest BCUT2D eigenvalue weighted by molar-refractivity contribution is -0.149. The summed E-state index contributed by atoms with van der Waals surface area (Å²) in [5.41, 5.74) is 1.31. The first-order valence-corrected chi connectivity index (χ1v) is 16.2. The number of esters is 2. The maximum atomic E-state index is 13.0. The molecule has 0 aromatic heterocycles. The molecule has 0 amide bonds. The fraction of sp³-hybridized carbons (Fsp3) is 0.613. The van der Waals surface area contributed by atoms with Gasteiger partial charge in [-0.3, -0.25) is 0 Å². The first-order chi connectivity index (χ1) is 16.8. The van der Waals surface area contributed by atoms with Gasteiger partial charge in [-0.05, 0) is 87.2 Å². The fourth-order valence-electron chi connectivity index (χ4n) is 4.15. The first-order valence-electron chi connectivity index (χ1n) is 13.3. The minimum Gasteiger partial charge on any atom is -0.457 e. The number of carbonyl (C=O) groups is 2. The van der Waals surface area contributed by atoms with Crippen LogP contribution in [0.1, 0.15) is 79.1 Å². The van der Waals surface area contributed by atoms with Crippen molar-refractivity contribution in [3.63, 3.8) is 0 Å². The van der Waals surface area contributed by atoms with Crippen molar-refractivity contribution in [3.8, 4) is 0 Å². The summed E-state index contributed by atoms with van der Waals surface area (Å²) < 4.78 is 18.0. The molecule has 1 aliphatic carbocycles. The maximum absolute atomic E-state index is 13.0. The van der Waals surface area contributed by atoms with E-state index in [4.69, 9.17) is 13.9 Å². The highest BCUT2D eigenvalue weighted by molar-refractivity contribution is 6.74. The molecule has 3 atom stereocenters. The van der Waals surface area contributed by atoms with Crippen molar-refractivity contribution >= 4 is 20.3 Å². The highest BCUT2D eigenvalue weighted by Crippen LogP contribution is 2.62. The second-order valence-electron chi connectivity index (χ2n) is 13.5. The van der Waals surface area contributed by atoms with Gasteiger partial charge < -0.3 is 13.9 Å². The minimum absolute atomic E-state index is 0.0404. The second-order valence-corrected chi connectivity index (χ2v) is 18.3. The summed E-state index contributed by atoms with van der Waals surface area (Å²) in [5, 5.41) is 0.0665. The van der Waals surface area contributed by atoms with E-state index >= 15 is 0 Å². The van der Waals surface area contributed by atoms with Crippen molar-refractivity contribution in [1.82, 2.24) is 0 Å². The van der Waals surface area contributed by atoms with Crippen molar-refractivity contribution in [3.05, 3.63) is 59.7 Å². The number of carbonyl (C=O) groups excluding carboxylic acids is 2. The Hall–Kier alpha value is -2.18. The van der Waals surface area contributed by atoms with Gasteiger partial charge in [0.05, 0.1) is 12.2 Å². The summed E-state index contributed by atoms with van der Waals surface area (Å²) in [6.07, 6.45) is 2.15. The van der Waals surface area contributed by atoms with Crippen LogP contribution in [0, 0.1) is 17.3 Å². The van der Waals surface area contributed by atoms with Gasteiger partial charge in [0.1, 0.15) is 11.7 Å². The number of allylic oxidation sites excluding steroid dienone is 1. The molecule has 0 heterocycles. The van der Waals surface area contributed by atoms with Crippen LogP contribution in [0.3, 0.4) is 0 Å². The summed E-state index contributed by atoms with van der Waals surface area (Å²) in [5.74, 6) is -0.266. The monoisotopic (exact) mass is 528 g/mol. The summed E-state index contributed by atoms with van der Waals surface area (Å²) in [7, 11) is -2.00. The zero-order chi connectivity index (χ0) is 28.4. The van der Waals surface area contributed by atoms with Crippen molar-refractivity contribution in [2.24, 2.45) is 17.3 Å². The molecule has 0 spiro atoms. The Balaban J connectivity index is 2.21. The van der Waals surface area contributed by atoms with Gasteiger partial charge in [0.25, 0.3) is 0 Å². The Kier molecular flexibility index (Phi) is 9.46. The highest BCUT2D eigenvalue weighted by atomic mass is 28.4. The predicted molar refractivity (Wildman–Crippen MR) is 153 cm³/mol. The summed E-state index contributed by atoms with van der Waals surface area (Å²) in [6, 6.07) is 9.03. The number of hydrogen-bond donors (Lipinski definition) is 0. The van der Waals surface area contributed by atoms with Gasteiger partial charge in [-0.2, -0.15) is 0 Å². The normalized spacial score (nSPS) is 20.7. The van der Waals surface area contributed by atoms with Crippen LogP contribution in [-0.2, 0) is 18.7 Å². The van der Waals surface area contributed by atoms with Crippen LogP contribution in [0.15, 0.2) is 54.1 Å². The van der Waals surface area contributed by atoms with Gasteiger partial charge in [0, 0.05) is 5.57 Å². The highest BCUT2D eigenvalue weighted by Gasteiger charge is 2.57. The van der Waals surface area contributed by atoms with Crippen molar-refractivity contribution in [1.29, 1.82) is 0 Å². The summed E-state index contributed by atoms with van der Waals surface area (Å²) in [6.45, 7) is 27.4.